The fraction of sp³-hybridized carbons (Fsp3) is 0.355. The number of ether oxygens (including phenoxy) is 2. The van der Waals surface area contributed by atoms with Gasteiger partial charge in [0.15, 0.2) is 5.58 Å². The average molecular weight is 545 g/mol. The molecule has 2 atom stereocenters. The van der Waals surface area contributed by atoms with Crippen LogP contribution in [0.15, 0.2) is 65.2 Å². The molecule has 2 aliphatic heterocycles. The van der Waals surface area contributed by atoms with E-state index in [-0.39, 0.29) is 12.0 Å². The average Bonchev–Trinajstić information content (AvgIpc) is 3.44. The second-order valence-electron chi connectivity index (χ2n) is 10.3. The number of benzene rings is 2. The van der Waals surface area contributed by atoms with Crippen LogP contribution in [0, 0.1) is 0 Å². The number of aromatic nitrogens is 1. The third kappa shape index (κ3) is 5.58. The number of alkyl halides is 1. The van der Waals surface area contributed by atoms with Crippen molar-refractivity contribution in [3.8, 4) is 28.2 Å². The summed E-state index contributed by atoms with van der Waals surface area (Å²) in [5.74, 6) is 1.15. The lowest BCUT2D eigenvalue weighted by Gasteiger charge is -2.27. The molecule has 4 N–H and O–H groups in total. The predicted molar refractivity (Wildman–Crippen MR) is 151 cm³/mol. The monoisotopic (exact) mass is 544 g/mol. The summed E-state index contributed by atoms with van der Waals surface area (Å²) in [5, 5.41) is 5.91. The number of nitrogens with one attached hydrogen (secondary N) is 2. The fourth-order valence-corrected chi connectivity index (χ4v) is 5.31. The molecule has 2 aliphatic rings. The number of carbonyl (C=O) groups is 1. The van der Waals surface area contributed by atoms with E-state index in [0.717, 1.165) is 46.4 Å². The van der Waals surface area contributed by atoms with Gasteiger partial charge >= 0.3 is 0 Å². The maximum Gasteiger partial charge on any atom is 0.251 e. The predicted octanol–water partition coefficient (Wildman–Crippen LogP) is 4.61. The van der Waals surface area contributed by atoms with Crippen molar-refractivity contribution in [3.05, 3.63) is 71.9 Å². The topological polar surface area (TPSA) is 112 Å². The number of fused-ring (bicyclic) bond motifs is 1. The highest BCUT2D eigenvalue weighted by Crippen LogP contribution is 2.36. The lowest BCUT2D eigenvalue weighted by molar-refractivity contribution is 0.0252. The van der Waals surface area contributed by atoms with Crippen molar-refractivity contribution in [3.63, 3.8) is 0 Å². The quantitative estimate of drug-likeness (QED) is 0.312. The Labute approximate surface area is 232 Å². The summed E-state index contributed by atoms with van der Waals surface area (Å²) < 4.78 is 32.1. The molecule has 208 valence electrons. The Kier molecular flexibility index (Phi) is 7.77. The largest absolute Gasteiger partial charge is 0.490 e. The van der Waals surface area contributed by atoms with Gasteiger partial charge in [0.1, 0.15) is 29.3 Å². The van der Waals surface area contributed by atoms with Gasteiger partial charge in [-0.2, -0.15) is 0 Å². The number of hydrogen-bond acceptors (Lipinski definition) is 7. The van der Waals surface area contributed by atoms with Crippen LogP contribution in [0.2, 0.25) is 0 Å². The first-order chi connectivity index (χ1) is 19.6. The Morgan fingerprint density at radius 1 is 1.07 bits per heavy atom. The van der Waals surface area contributed by atoms with Gasteiger partial charge in [-0.15, -0.1) is 0 Å². The summed E-state index contributed by atoms with van der Waals surface area (Å²) in [6.45, 7) is 2.83. The Bertz CT molecular complexity index is 1480. The smallest absolute Gasteiger partial charge is 0.251 e. The molecule has 0 radical (unpaired) electrons. The number of amides is 1. The zero-order valence-electron chi connectivity index (χ0n) is 22.2. The molecule has 8 nitrogen and oxygen atoms in total. The van der Waals surface area contributed by atoms with Crippen LogP contribution < -0.4 is 21.1 Å². The Balaban J connectivity index is 1.22. The molecule has 40 heavy (non-hydrogen) atoms. The third-order valence-corrected chi connectivity index (χ3v) is 7.61. The second kappa shape index (κ2) is 11.8. The number of carbonyl (C=O) groups excluding carboxylic acids is 1. The highest BCUT2D eigenvalue weighted by Gasteiger charge is 2.26. The summed E-state index contributed by atoms with van der Waals surface area (Å²) in [4.78, 5) is 17.2. The van der Waals surface area contributed by atoms with Crippen molar-refractivity contribution < 1.29 is 23.1 Å². The molecule has 0 saturated carbocycles. The molecule has 2 aromatic carbocycles. The van der Waals surface area contributed by atoms with Crippen LogP contribution in [-0.2, 0) is 11.3 Å². The van der Waals surface area contributed by atoms with E-state index < -0.39 is 12.2 Å². The van der Waals surface area contributed by atoms with Gasteiger partial charge < -0.3 is 30.3 Å². The van der Waals surface area contributed by atoms with E-state index in [0.29, 0.717) is 56.2 Å². The molecule has 1 amide bonds. The van der Waals surface area contributed by atoms with Gasteiger partial charge in [-0.1, -0.05) is 18.2 Å². The van der Waals surface area contributed by atoms with E-state index in [4.69, 9.17) is 19.6 Å². The van der Waals surface area contributed by atoms with Crippen LogP contribution in [0.25, 0.3) is 33.6 Å². The normalized spacial score (nSPS) is 19.9. The van der Waals surface area contributed by atoms with E-state index in [2.05, 4.69) is 15.6 Å². The first-order valence-electron chi connectivity index (χ1n) is 13.8. The number of nitrogens with zero attached hydrogens (tertiary/aromatic N) is 1. The molecule has 4 heterocycles. The first-order valence-corrected chi connectivity index (χ1v) is 13.8. The number of halogens is 1. The first kappa shape index (κ1) is 26.4. The van der Waals surface area contributed by atoms with Crippen molar-refractivity contribution in [2.75, 3.05) is 26.3 Å². The van der Waals surface area contributed by atoms with Crippen LogP contribution in [0.1, 0.15) is 35.2 Å². The molecule has 0 unspecified atom stereocenters. The second-order valence-corrected chi connectivity index (χ2v) is 10.3. The molecule has 2 aromatic heterocycles. The molecule has 9 heteroatoms. The molecule has 0 spiro atoms. The van der Waals surface area contributed by atoms with Gasteiger partial charge in [0.05, 0.1) is 19.3 Å². The number of rotatable bonds is 7. The SMILES string of the molecule is NCc1cc(-c2ccnc3cc(-c4ccc(C(=O)N[C@H]5CNCC[C@@H]5F)cc4)oc23)ccc1OC1CCOCC1. The molecule has 0 aliphatic carbocycles. The van der Waals surface area contributed by atoms with Crippen molar-refractivity contribution in [1.82, 2.24) is 15.6 Å². The zero-order valence-corrected chi connectivity index (χ0v) is 22.2. The van der Waals surface area contributed by atoms with Gasteiger partial charge in [0, 0.05) is 60.4 Å². The summed E-state index contributed by atoms with van der Waals surface area (Å²) in [7, 11) is 0. The number of nitrogens with two attached hydrogens (primary N) is 1. The Morgan fingerprint density at radius 3 is 2.65 bits per heavy atom. The van der Waals surface area contributed by atoms with Crippen molar-refractivity contribution in [2.24, 2.45) is 5.73 Å². The molecule has 2 fully saturated rings. The summed E-state index contributed by atoms with van der Waals surface area (Å²) in [5.41, 5.74) is 11.6. The molecular formula is C31H33FN4O4. The minimum Gasteiger partial charge on any atom is -0.490 e. The van der Waals surface area contributed by atoms with Gasteiger partial charge in [-0.05, 0) is 48.9 Å². The third-order valence-electron chi connectivity index (χ3n) is 7.61. The summed E-state index contributed by atoms with van der Waals surface area (Å²) in [6.07, 6.45) is 2.98. The van der Waals surface area contributed by atoms with Crippen LogP contribution in [-0.4, -0.2) is 55.5 Å². The fourth-order valence-electron chi connectivity index (χ4n) is 5.31. The molecular weight excluding hydrogens is 511 g/mol. The van der Waals surface area contributed by atoms with Gasteiger partial charge in [-0.25, -0.2) is 4.39 Å². The molecule has 6 rings (SSSR count). The minimum absolute atomic E-state index is 0.132. The van der Waals surface area contributed by atoms with Gasteiger partial charge in [0.2, 0.25) is 0 Å². The van der Waals surface area contributed by atoms with E-state index in [9.17, 15) is 9.18 Å². The number of piperidine rings is 1. The number of pyridine rings is 1. The maximum atomic E-state index is 14.1. The lowest BCUT2D eigenvalue weighted by atomic mass is 10.0. The van der Waals surface area contributed by atoms with E-state index in [1.54, 1.807) is 18.3 Å². The molecule has 2 saturated heterocycles. The standard InChI is InChI=1S/C31H33FN4O4/c32-25-8-11-34-18-27(25)36-31(37)20-3-1-19(2-4-20)29-16-26-30(40-29)24(7-12-35-26)21-5-6-28(22(15-21)17-33)39-23-9-13-38-14-10-23/h1-7,12,15-16,23,25,27,34H,8-11,13-14,17-18,33H2,(H,36,37)/t25-,27-/m0/s1. The van der Waals surface area contributed by atoms with Crippen molar-refractivity contribution in [1.29, 1.82) is 0 Å². The van der Waals surface area contributed by atoms with Gasteiger partial charge in [0.25, 0.3) is 5.91 Å². The van der Waals surface area contributed by atoms with Gasteiger partial charge in [-0.3, -0.25) is 9.78 Å². The Hall–Kier alpha value is -3.79. The van der Waals surface area contributed by atoms with Crippen LogP contribution >= 0.6 is 0 Å². The van der Waals surface area contributed by atoms with Crippen LogP contribution in [0.4, 0.5) is 4.39 Å². The number of hydrogen-bond donors (Lipinski definition) is 3. The Morgan fingerprint density at radius 2 is 1.88 bits per heavy atom. The summed E-state index contributed by atoms with van der Waals surface area (Å²) in [6, 6.07) is 16.4. The van der Waals surface area contributed by atoms with E-state index in [1.165, 1.54) is 0 Å². The van der Waals surface area contributed by atoms with Crippen LogP contribution in [0.5, 0.6) is 5.75 Å². The minimum atomic E-state index is -1.04. The zero-order chi connectivity index (χ0) is 27.5. The lowest BCUT2D eigenvalue weighted by Crippen LogP contribution is -2.52. The van der Waals surface area contributed by atoms with Crippen LogP contribution in [0.3, 0.4) is 0 Å². The molecule has 4 aromatic rings. The van der Waals surface area contributed by atoms with Crippen molar-refractivity contribution >= 4 is 17.0 Å². The summed E-state index contributed by atoms with van der Waals surface area (Å²) >= 11 is 0. The maximum absolute atomic E-state index is 14.1. The van der Waals surface area contributed by atoms with E-state index in [1.807, 2.05) is 42.5 Å². The van der Waals surface area contributed by atoms with E-state index >= 15 is 0 Å². The highest BCUT2D eigenvalue weighted by molar-refractivity contribution is 5.95. The molecule has 0 bridgehead atoms. The highest BCUT2D eigenvalue weighted by atomic mass is 19.1. The van der Waals surface area contributed by atoms with Crippen molar-refractivity contribution in [2.45, 2.75) is 44.1 Å². The number of furan rings is 1.